The first kappa shape index (κ1) is 29.4. The van der Waals surface area contributed by atoms with Crippen molar-refractivity contribution in [1.82, 2.24) is 4.90 Å². The van der Waals surface area contributed by atoms with Crippen LogP contribution in [0.25, 0.3) is 16.8 Å². The molecule has 7 rings (SSSR count). The van der Waals surface area contributed by atoms with Crippen molar-refractivity contribution in [3.05, 3.63) is 136 Å². The van der Waals surface area contributed by atoms with Crippen LogP contribution in [0.15, 0.2) is 102 Å². The van der Waals surface area contributed by atoms with Gasteiger partial charge >= 0.3 is 11.9 Å². The first-order valence-electron chi connectivity index (χ1n) is 15.3. The Morgan fingerprint density at radius 1 is 0.739 bits per heavy atom. The van der Waals surface area contributed by atoms with Crippen molar-refractivity contribution in [3.8, 4) is 22.6 Å². The van der Waals surface area contributed by atoms with E-state index in [4.69, 9.17) is 18.9 Å². The fourth-order valence-corrected chi connectivity index (χ4v) is 7.70. The van der Waals surface area contributed by atoms with Crippen LogP contribution in [0.3, 0.4) is 0 Å². The summed E-state index contributed by atoms with van der Waals surface area (Å²) >= 11 is 0. The minimum atomic E-state index is -1.14. The molecule has 1 aliphatic carbocycles. The summed E-state index contributed by atoms with van der Waals surface area (Å²) in [6.45, 7) is 2.48. The maximum absolute atomic E-state index is 14.5. The summed E-state index contributed by atoms with van der Waals surface area (Å²) in [7, 11) is 5.95. The molecule has 3 aliphatic rings. The van der Waals surface area contributed by atoms with Crippen LogP contribution in [0, 0.1) is 6.92 Å². The zero-order valence-electron chi connectivity index (χ0n) is 26.5. The van der Waals surface area contributed by atoms with Crippen LogP contribution >= 0.6 is 0 Å². The Kier molecular flexibility index (Phi) is 7.19. The summed E-state index contributed by atoms with van der Waals surface area (Å²) in [5.74, 6) is -0.431. The Morgan fingerprint density at radius 3 is 1.91 bits per heavy atom. The van der Waals surface area contributed by atoms with E-state index in [0.717, 1.165) is 50.2 Å². The van der Waals surface area contributed by atoms with Gasteiger partial charge in [0.05, 0.1) is 39.4 Å². The normalized spacial score (nSPS) is 17.2. The molecule has 1 spiro atoms. The van der Waals surface area contributed by atoms with Crippen LogP contribution in [0.4, 0.5) is 0 Å². The van der Waals surface area contributed by atoms with Gasteiger partial charge in [-0.1, -0.05) is 84.4 Å². The van der Waals surface area contributed by atoms with E-state index in [1.807, 2.05) is 41.3 Å². The van der Waals surface area contributed by atoms with Crippen LogP contribution in [0.5, 0.6) is 11.5 Å². The molecule has 0 saturated carbocycles. The molecule has 0 aromatic heterocycles. The Labute approximate surface area is 268 Å². The fourth-order valence-electron chi connectivity index (χ4n) is 7.70. The summed E-state index contributed by atoms with van der Waals surface area (Å²) in [5.41, 5.74) is 7.97. The van der Waals surface area contributed by atoms with Crippen LogP contribution in [-0.2, 0) is 30.9 Å². The molecule has 2 heterocycles. The van der Waals surface area contributed by atoms with Crippen LogP contribution in [0.1, 0.15) is 39.3 Å². The van der Waals surface area contributed by atoms with Crippen molar-refractivity contribution in [1.29, 1.82) is 0 Å². The predicted molar refractivity (Wildman–Crippen MR) is 176 cm³/mol. The number of ether oxygens (including phenoxy) is 4. The molecule has 7 nitrogen and oxygen atoms in total. The number of nitrogens with zero attached hydrogens (tertiary/aromatic N) is 1. The van der Waals surface area contributed by atoms with Crippen molar-refractivity contribution >= 4 is 17.6 Å². The fraction of sp³-hybridized carbons (Fsp3) is 0.231. The molecule has 4 aromatic rings. The minimum Gasteiger partial charge on any atom is -0.493 e. The van der Waals surface area contributed by atoms with Gasteiger partial charge in [-0.15, -0.1) is 0 Å². The summed E-state index contributed by atoms with van der Waals surface area (Å²) < 4.78 is 22.5. The molecule has 0 radical (unpaired) electrons. The monoisotopic (exact) mass is 613 g/mol. The molecule has 0 saturated heterocycles. The van der Waals surface area contributed by atoms with Gasteiger partial charge in [-0.05, 0) is 58.9 Å². The molecular formula is C39H35NO6. The SMILES string of the molecule is COC(=O)C1=C(C(=O)OC)C2(c3ccccc3-c3ccccc32)C(c2ccc(C)cc2)C=C2c3cc(OC)c(OC)cc3CCN21. The molecule has 4 aromatic carbocycles. The van der Waals surface area contributed by atoms with E-state index in [0.29, 0.717) is 24.5 Å². The van der Waals surface area contributed by atoms with E-state index >= 15 is 0 Å². The maximum atomic E-state index is 14.5. The van der Waals surface area contributed by atoms with Gasteiger partial charge in [0, 0.05) is 23.7 Å². The number of rotatable bonds is 5. The third-order valence-corrected chi connectivity index (χ3v) is 9.67. The standard InChI is InChI=1S/C39H35NO6/c1-23-14-16-24(17-15-23)31-22-32-28-21-34(44-3)33(43-2)20-25(28)18-19-40(32)36(38(42)46-5)35(37(41)45-4)39(31)29-12-8-6-10-26(29)27-11-7-9-13-30(27)39/h6-17,20-22,31H,18-19H2,1-5H3. The number of esters is 2. The lowest BCUT2D eigenvalue weighted by Crippen LogP contribution is -2.41. The number of methoxy groups -OCH3 is 4. The Hall–Kier alpha value is -5.30. The Bertz CT molecular complexity index is 1910. The second kappa shape index (κ2) is 11.2. The van der Waals surface area contributed by atoms with Gasteiger partial charge in [0.25, 0.3) is 0 Å². The second-order valence-corrected chi connectivity index (χ2v) is 11.8. The average Bonchev–Trinajstić information content (AvgIpc) is 3.30. The van der Waals surface area contributed by atoms with E-state index in [2.05, 4.69) is 61.5 Å². The van der Waals surface area contributed by atoms with Gasteiger partial charge in [0.2, 0.25) is 0 Å². The highest BCUT2D eigenvalue weighted by Gasteiger charge is 2.57. The van der Waals surface area contributed by atoms with Crippen LogP contribution in [0.2, 0.25) is 0 Å². The summed E-state index contributed by atoms with van der Waals surface area (Å²) in [4.78, 5) is 30.6. The molecule has 46 heavy (non-hydrogen) atoms. The molecule has 1 atom stereocenters. The number of benzene rings is 4. The van der Waals surface area contributed by atoms with E-state index < -0.39 is 23.3 Å². The highest BCUT2D eigenvalue weighted by Crippen LogP contribution is 2.62. The molecule has 232 valence electrons. The molecule has 7 heteroatoms. The van der Waals surface area contributed by atoms with Crippen molar-refractivity contribution in [3.63, 3.8) is 0 Å². The third-order valence-electron chi connectivity index (χ3n) is 9.67. The second-order valence-electron chi connectivity index (χ2n) is 11.8. The van der Waals surface area contributed by atoms with Crippen molar-refractivity contribution in [2.24, 2.45) is 0 Å². The van der Waals surface area contributed by atoms with Gasteiger partial charge in [-0.25, -0.2) is 9.59 Å². The topological polar surface area (TPSA) is 74.3 Å². The smallest absolute Gasteiger partial charge is 0.355 e. The number of carbonyl (C=O) groups is 2. The minimum absolute atomic E-state index is 0.169. The van der Waals surface area contributed by atoms with E-state index in [9.17, 15) is 9.59 Å². The maximum Gasteiger partial charge on any atom is 0.355 e. The van der Waals surface area contributed by atoms with Crippen LogP contribution in [-0.4, -0.2) is 51.8 Å². The van der Waals surface area contributed by atoms with Crippen LogP contribution < -0.4 is 9.47 Å². The first-order chi connectivity index (χ1) is 22.4. The lowest BCUT2D eigenvalue weighted by molar-refractivity contribution is -0.141. The summed E-state index contributed by atoms with van der Waals surface area (Å²) in [6.07, 6.45) is 2.81. The first-order valence-corrected chi connectivity index (χ1v) is 15.3. The molecule has 0 N–H and O–H groups in total. The number of carbonyl (C=O) groups excluding carboxylic acids is 2. The number of hydrogen-bond donors (Lipinski definition) is 0. The van der Waals surface area contributed by atoms with E-state index in [1.54, 1.807) is 14.2 Å². The predicted octanol–water partition coefficient (Wildman–Crippen LogP) is 6.58. The summed E-state index contributed by atoms with van der Waals surface area (Å²) in [6, 6.07) is 28.6. The van der Waals surface area contributed by atoms with Crippen molar-refractivity contribution in [2.45, 2.75) is 24.7 Å². The van der Waals surface area contributed by atoms with Gasteiger partial charge in [-0.2, -0.15) is 0 Å². The molecule has 0 bridgehead atoms. The molecular weight excluding hydrogens is 578 g/mol. The number of hydrogen-bond acceptors (Lipinski definition) is 7. The van der Waals surface area contributed by atoms with Crippen molar-refractivity contribution in [2.75, 3.05) is 35.0 Å². The Balaban J connectivity index is 1.70. The van der Waals surface area contributed by atoms with Gasteiger partial charge in [0.15, 0.2) is 11.5 Å². The summed E-state index contributed by atoms with van der Waals surface area (Å²) in [5, 5.41) is 0. The zero-order chi connectivity index (χ0) is 32.2. The van der Waals surface area contributed by atoms with Crippen molar-refractivity contribution < 1.29 is 28.5 Å². The molecule has 1 unspecified atom stereocenters. The zero-order valence-corrected chi connectivity index (χ0v) is 26.5. The highest BCUT2D eigenvalue weighted by molar-refractivity contribution is 6.07. The van der Waals surface area contributed by atoms with Gasteiger partial charge in [-0.3, -0.25) is 0 Å². The lowest BCUT2D eigenvalue weighted by atomic mass is 9.61. The number of allylic oxidation sites excluding steroid dienone is 1. The molecule has 0 amide bonds. The van der Waals surface area contributed by atoms with Gasteiger partial charge in [0.1, 0.15) is 5.70 Å². The number of aryl methyl sites for hydroxylation is 1. The molecule has 0 fully saturated rings. The van der Waals surface area contributed by atoms with Gasteiger partial charge < -0.3 is 23.8 Å². The Morgan fingerprint density at radius 2 is 1.33 bits per heavy atom. The van der Waals surface area contributed by atoms with E-state index in [1.165, 1.54) is 14.2 Å². The lowest BCUT2D eigenvalue weighted by Gasteiger charge is -2.39. The highest BCUT2D eigenvalue weighted by atomic mass is 16.5. The molecule has 2 aliphatic heterocycles. The third kappa shape index (κ3) is 4.11. The van der Waals surface area contributed by atoms with E-state index in [-0.39, 0.29) is 11.3 Å². The average molecular weight is 614 g/mol. The largest absolute Gasteiger partial charge is 0.493 e. The number of fused-ring (bicyclic) bond motifs is 8. The quantitative estimate of drug-likeness (QED) is 0.236.